The molecule has 0 radical (unpaired) electrons. The van der Waals surface area contributed by atoms with Crippen LogP contribution in [0.4, 0.5) is 5.82 Å². The minimum absolute atomic E-state index is 0.862. The first-order valence-electron chi connectivity index (χ1n) is 5.92. The van der Waals surface area contributed by atoms with Crippen molar-refractivity contribution in [2.24, 2.45) is 0 Å². The summed E-state index contributed by atoms with van der Waals surface area (Å²) in [5, 5.41) is 3.34. The number of thioether (sulfide) groups is 1. The van der Waals surface area contributed by atoms with Gasteiger partial charge in [0.1, 0.15) is 5.82 Å². The fourth-order valence-electron chi connectivity index (χ4n) is 1.77. The third kappa shape index (κ3) is 4.18. The van der Waals surface area contributed by atoms with Gasteiger partial charge in [-0.2, -0.15) is 0 Å². The Bertz CT molecular complexity index is 325. The zero-order valence-corrected chi connectivity index (χ0v) is 11.0. The maximum absolute atomic E-state index is 5.31. The first kappa shape index (κ1) is 12.7. The molecule has 1 aromatic rings. The van der Waals surface area contributed by atoms with Crippen molar-refractivity contribution in [2.45, 2.75) is 4.90 Å². The molecule has 0 amide bonds. The highest BCUT2D eigenvalue weighted by atomic mass is 32.2. The Hall–Kier alpha value is -0.780. The van der Waals surface area contributed by atoms with Gasteiger partial charge in [0.05, 0.1) is 13.2 Å². The molecule has 0 spiro atoms. The van der Waals surface area contributed by atoms with E-state index in [0.717, 1.165) is 45.2 Å². The third-order valence-corrected chi connectivity index (χ3v) is 3.52. The molecular formula is C12H19N3OS. The molecule has 1 aliphatic rings. The largest absolute Gasteiger partial charge is 0.379 e. The van der Waals surface area contributed by atoms with E-state index in [-0.39, 0.29) is 0 Å². The highest BCUT2D eigenvalue weighted by Gasteiger charge is 2.09. The van der Waals surface area contributed by atoms with Crippen LogP contribution in [-0.2, 0) is 4.74 Å². The molecule has 1 aromatic heterocycles. The zero-order valence-electron chi connectivity index (χ0n) is 10.2. The Balaban J connectivity index is 1.69. The van der Waals surface area contributed by atoms with E-state index in [1.54, 1.807) is 11.8 Å². The average molecular weight is 253 g/mol. The van der Waals surface area contributed by atoms with Gasteiger partial charge in [0.15, 0.2) is 0 Å². The number of ether oxygens (including phenoxy) is 1. The monoisotopic (exact) mass is 253 g/mol. The quantitative estimate of drug-likeness (QED) is 0.806. The van der Waals surface area contributed by atoms with E-state index in [0.29, 0.717) is 0 Å². The predicted octanol–water partition coefficient (Wildman–Crippen LogP) is 1.55. The highest BCUT2D eigenvalue weighted by molar-refractivity contribution is 7.98. The van der Waals surface area contributed by atoms with Crippen LogP contribution in [0.5, 0.6) is 0 Å². The van der Waals surface area contributed by atoms with Crippen LogP contribution in [0, 0.1) is 0 Å². The summed E-state index contributed by atoms with van der Waals surface area (Å²) in [6.07, 6.45) is 3.96. The number of nitrogens with zero attached hydrogens (tertiary/aromatic N) is 2. The van der Waals surface area contributed by atoms with E-state index in [4.69, 9.17) is 4.74 Å². The Kier molecular flexibility index (Phi) is 5.09. The Morgan fingerprint density at radius 3 is 2.88 bits per heavy atom. The van der Waals surface area contributed by atoms with Crippen molar-refractivity contribution in [1.82, 2.24) is 9.88 Å². The van der Waals surface area contributed by atoms with E-state index >= 15 is 0 Å². The molecule has 0 bridgehead atoms. The van der Waals surface area contributed by atoms with Crippen LogP contribution in [0.2, 0.25) is 0 Å². The molecule has 1 N–H and O–H groups in total. The summed E-state index contributed by atoms with van der Waals surface area (Å²) >= 11 is 1.71. The smallest absolute Gasteiger partial charge is 0.126 e. The number of hydrogen-bond donors (Lipinski definition) is 1. The van der Waals surface area contributed by atoms with E-state index in [1.165, 1.54) is 4.90 Å². The number of nitrogens with one attached hydrogen (secondary N) is 1. The van der Waals surface area contributed by atoms with Gasteiger partial charge < -0.3 is 10.1 Å². The van der Waals surface area contributed by atoms with Gasteiger partial charge in [-0.15, -0.1) is 11.8 Å². The lowest BCUT2D eigenvalue weighted by molar-refractivity contribution is 0.0398. The van der Waals surface area contributed by atoms with Crippen molar-refractivity contribution in [3.05, 3.63) is 18.3 Å². The number of pyridine rings is 1. The van der Waals surface area contributed by atoms with E-state index < -0.39 is 0 Å². The summed E-state index contributed by atoms with van der Waals surface area (Å²) in [6.45, 7) is 5.79. The second kappa shape index (κ2) is 6.83. The van der Waals surface area contributed by atoms with Crippen LogP contribution in [0.1, 0.15) is 0 Å². The molecule has 94 valence electrons. The number of aromatic nitrogens is 1. The third-order valence-electron chi connectivity index (χ3n) is 2.81. The van der Waals surface area contributed by atoms with Gasteiger partial charge in [-0.25, -0.2) is 4.98 Å². The van der Waals surface area contributed by atoms with Crippen LogP contribution in [0.15, 0.2) is 23.2 Å². The minimum atomic E-state index is 0.862. The average Bonchev–Trinajstić information content (AvgIpc) is 2.41. The lowest BCUT2D eigenvalue weighted by Gasteiger charge is -2.26. The summed E-state index contributed by atoms with van der Waals surface area (Å²) < 4.78 is 5.31. The molecule has 2 heterocycles. The summed E-state index contributed by atoms with van der Waals surface area (Å²) in [5.41, 5.74) is 0. The molecule has 1 aliphatic heterocycles. The SMILES string of the molecule is CSc1ccc(NCCN2CCOCC2)nc1. The Morgan fingerprint density at radius 2 is 2.24 bits per heavy atom. The van der Waals surface area contributed by atoms with E-state index in [2.05, 4.69) is 27.5 Å². The summed E-state index contributed by atoms with van der Waals surface area (Å²) in [7, 11) is 0. The molecule has 0 aliphatic carbocycles. The lowest BCUT2D eigenvalue weighted by Crippen LogP contribution is -2.39. The molecular weight excluding hydrogens is 234 g/mol. The maximum Gasteiger partial charge on any atom is 0.126 e. The number of hydrogen-bond acceptors (Lipinski definition) is 5. The first-order chi connectivity index (χ1) is 8.38. The fraction of sp³-hybridized carbons (Fsp3) is 0.583. The topological polar surface area (TPSA) is 37.4 Å². The summed E-state index contributed by atoms with van der Waals surface area (Å²) in [4.78, 5) is 7.96. The van der Waals surface area contributed by atoms with Gasteiger partial charge in [-0.3, -0.25) is 4.90 Å². The molecule has 5 heteroatoms. The van der Waals surface area contributed by atoms with Crippen molar-refractivity contribution in [1.29, 1.82) is 0 Å². The van der Waals surface area contributed by atoms with Gasteiger partial charge in [-0.1, -0.05) is 0 Å². The van der Waals surface area contributed by atoms with Crippen molar-refractivity contribution < 1.29 is 4.74 Å². The fourth-order valence-corrected chi connectivity index (χ4v) is 2.13. The molecule has 0 aromatic carbocycles. The maximum atomic E-state index is 5.31. The van der Waals surface area contributed by atoms with Crippen molar-refractivity contribution in [2.75, 3.05) is 51.0 Å². The standard InChI is InChI=1S/C12H19N3OS/c1-17-11-2-3-12(14-10-11)13-4-5-15-6-8-16-9-7-15/h2-3,10H,4-9H2,1H3,(H,13,14). The molecule has 1 fully saturated rings. The Morgan fingerprint density at radius 1 is 1.41 bits per heavy atom. The van der Waals surface area contributed by atoms with Gasteiger partial charge in [-0.05, 0) is 18.4 Å². The van der Waals surface area contributed by atoms with Crippen LogP contribution < -0.4 is 5.32 Å². The van der Waals surface area contributed by atoms with Crippen molar-refractivity contribution in [3.63, 3.8) is 0 Å². The molecule has 1 saturated heterocycles. The first-order valence-corrected chi connectivity index (χ1v) is 7.15. The second-order valence-corrected chi connectivity index (χ2v) is 4.84. The van der Waals surface area contributed by atoms with Crippen LogP contribution in [-0.4, -0.2) is 55.5 Å². The predicted molar refractivity (Wildman–Crippen MR) is 71.8 cm³/mol. The Labute approximate surface area is 107 Å². The molecule has 17 heavy (non-hydrogen) atoms. The van der Waals surface area contributed by atoms with Crippen LogP contribution in [0.25, 0.3) is 0 Å². The van der Waals surface area contributed by atoms with Gasteiger partial charge in [0, 0.05) is 37.3 Å². The highest BCUT2D eigenvalue weighted by Crippen LogP contribution is 2.14. The molecule has 4 nitrogen and oxygen atoms in total. The number of morpholine rings is 1. The van der Waals surface area contributed by atoms with Gasteiger partial charge in [0.2, 0.25) is 0 Å². The lowest BCUT2D eigenvalue weighted by atomic mass is 10.4. The molecule has 0 saturated carbocycles. The minimum Gasteiger partial charge on any atom is -0.379 e. The number of anilines is 1. The van der Waals surface area contributed by atoms with Crippen molar-refractivity contribution in [3.8, 4) is 0 Å². The zero-order chi connectivity index (χ0) is 11.9. The normalized spacial score (nSPS) is 17.0. The van der Waals surface area contributed by atoms with E-state index in [9.17, 15) is 0 Å². The van der Waals surface area contributed by atoms with Crippen LogP contribution >= 0.6 is 11.8 Å². The second-order valence-electron chi connectivity index (χ2n) is 3.96. The van der Waals surface area contributed by atoms with Gasteiger partial charge >= 0.3 is 0 Å². The van der Waals surface area contributed by atoms with Crippen LogP contribution in [0.3, 0.4) is 0 Å². The van der Waals surface area contributed by atoms with Crippen molar-refractivity contribution >= 4 is 17.6 Å². The number of rotatable bonds is 5. The molecule has 0 atom stereocenters. The summed E-state index contributed by atoms with van der Waals surface area (Å²) in [5.74, 6) is 0.955. The van der Waals surface area contributed by atoms with E-state index in [1.807, 2.05) is 12.3 Å². The molecule has 0 unspecified atom stereocenters. The van der Waals surface area contributed by atoms with Gasteiger partial charge in [0.25, 0.3) is 0 Å². The molecule has 2 rings (SSSR count). The summed E-state index contributed by atoms with van der Waals surface area (Å²) in [6, 6.07) is 4.12.